The highest BCUT2D eigenvalue weighted by Gasteiger charge is 2.11. The lowest BCUT2D eigenvalue weighted by Crippen LogP contribution is -2.12. The van der Waals surface area contributed by atoms with Gasteiger partial charge in [-0.1, -0.05) is 42.0 Å². The van der Waals surface area contributed by atoms with Gasteiger partial charge in [-0.3, -0.25) is 14.5 Å². The van der Waals surface area contributed by atoms with E-state index in [1.165, 1.54) is 19.8 Å². The zero-order chi connectivity index (χ0) is 31.1. The van der Waals surface area contributed by atoms with Crippen molar-refractivity contribution in [2.45, 2.75) is 19.9 Å². The van der Waals surface area contributed by atoms with Crippen molar-refractivity contribution in [3.05, 3.63) is 124 Å². The van der Waals surface area contributed by atoms with Crippen molar-refractivity contribution in [1.82, 2.24) is 14.8 Å². The van der Waals surface area contributed by atoms with Crippen LogP contribution in [0.3, 0.4) is 0 Å². The molecule has 0 saturated carbocycles. The summed E-state index contributed by atoms with van der Waals surface area (Å²) < 4.78 is 12.8. The van der Waals surface area contributed by atoms with Gasteiger partial charge in [0.2, 0.25) is 5.75 Å². The van der Waals surface area contributed by atoms with E-state index < -0.39 is 0 Å². The van der Waals surface area contributed by atoms with Crippen molar-refractivity contribution >= 4 is 35.6 Å². The van der Waals surface area contributed by atoms with Crippen molar-refractivity contribution in [2.24, 2.45) is 0 Å². The van der Waals surface area contributed by atoms with E-state index >= 15 is 0 Å². The van der Waals surface area contributed by atoms with E-state index in [0.717, 1.165) is 28.1 Å². The second-order valence-electron chi connectivity index (χ2n) is 10.1. The summed E-state index contributed by atoms with van der Waals surface area (Å²) >= 11 is 5.21. The SMILES string of the molecule is COc1cc(/C=C/Cc2cc(C)ccc2NCc2ccc(C(=O)Nc3ccc(-n4cn[nH]c4=S)cc3)cc2)cc(OC)c1O. The Balaban J connectivity index is 1.20. The number of nitrogens with zero attached hydrogens (tertiary/aromatic N) is 2. The topological polar surface area (TPSA) is 113 Å². The first kappa shape index (κ1) is 30.1. The van der Waals surface area contributed by atoms with Crippen LogP contribution in [0.25, 0.3) is 11.8 Å². The summed E-state index contributed by atoms with van der Waals surface area (Å²) in [7, 11) is 3.02. The molecule has 0 unspecified atom stereocenters. The summed E-state index contributed by atoms with van der Waals surface area (Å²) in [6.45, 7) is 2.67. The Labute approximate surface area is 260 Å². The third-order valence-electron chi connectivity index (χ3n) is 7.07. The third kappa shape index (κ3) is 7.16. The molecule has 0 radical (unpaired) electrons. The van der Waals surface area contributed by atoms with Crippen molar-refractivity contribution in [2.75, 3.05) is 24.9 Å². The average molecular weight is 608 g/mol. The first-order chi connectivity index (χ1) is 21.3. The molecule has 0 spiro atoms. The van der Waals surface area contributed by atoms with Gasteiger partial charge in [-0.05, 0) is 96.9 Å². The molecular weight excluding hydrogens is 574 g/mol. The monoisotopic (exact) mass is 607 g/mol. The minimum atomic E-state index is -0.186. The number of aromatic nitrogens is 3. The van der Waals surface area contributed by atoms with Gasteiger partial charge in [0.25, 0.3) is 5.91 Å². The molecule has 5 aromatic rings. The number of phenolic OH excluding ortho intramolecular Hbond substituents is 1. The number of allylic oxidation sites excluding steroid dienone is 1. The number of carbonyl (C=O) groups is 1. The Hall–Kier alpha value is -5.35. The summed E-state index contributed by atoms with van der Waals surface area (Å²) in [6.07, 6.45) is 6.35. The Bertz CT molecular complexity index is 1820. The van der Waals surface area contributed by atoms with E-state index in [4.69, 9.17) is 21.7 Å². The molecule has 0 aliphatic carbocycles. The van der Waals surface area contributed by atoms with Gasteiger partial charge in [0.05, 0.1) is 14.2 Å². The number of amides is 1. The molecule has 44 heavy (non-hydrogen) atoms. The van der Waals surface area contributed by atoms with Gasteiger partial charge in [-0.15, -0.1) is 0 Å². The predicted octanol–water partition coefficient (Wildman–Crippen LogP) is 7.08. The molecule has 0 bridgehead atoms. The normalized spacial score (nSPS) is 11.0. The zero-order valence-electron chi connectivity index (χ0n) is 24.6. The fraction of sp³-hybridized carbons (Fsp3) is 0.147. The summed E-state index contributed by atoms with van der Waals surface area (Å²) in [5.74, 6) is 0.509. The Morgan fingerprint density at radius 3 is 2.34 bits per heavy atom. The fourth-order valence-corrected chi connectivity index (χ4v) is 4.91. The van der Waals surface area contributed by atoms with Crippen molar-refractivity contribution in [3.63, 3.8) is 0 Å². The summed E-state index contributed by atoms with van der Waals surface area (Å²) in [4.78, 5) is 12.8. The standard InChI is InChI=1S/C34H33N5O4S/c1-22-7-16-29(26(17-22)6-4-5-24-18-30(42-2)32(40)31(19-24)43-3)35-20-23-8-10-25(11-9-23)33(41)37-27-12-14-28(15-13-27)39-21-36-38-34(39)44/h4-5,7-19,21,35,40H,6,20H2,1-3H3,(H,37,41)(H,38,44)/b5-4+. The number of hydrogen-bond acceptors (Lipinski definition) is 7. The summed E-state index contributed by atoms with van der Waals surface area (Å²) in [5.41, 5.74) is 7.36. The van der Waals surface area contributed by atoms with Crippen LogP contribution in [0, 0.1) is 11.7 Å². The summed E-state index contributed by atoms with van der Waals surface area (Å²) in [6, 6.07) is 24.8. The largest absolute Gasteiger partial charge is 0.502 e. The van der Waals surface area contributed by atoms with Crippen LogP contribution in [0.5, 0.6) is 17.2 Å². The minimum absolute atomic E-state index is 0.0197. The number of nitrogens with one attached hydrogen (secondary N) is 3. The van der Waals surface area contributed by atoms with Gasteiger partial charge < -0.3 is 25.2 Å². The number of aromatic hydroxyl groups is 1. The molecule has 5 rings (SSSR count). The predicted molar refractivity (Wildman–Crippen MR) is 176 cm³/mol. The second-order valence-corrected chi connectivity index (χ2v) is 10.5. The number of aromatic amines is 1. The van der Waals surface area contributed by atoms with Gasteiger partial charge >= 0.3 is 0 Å². The zero-order valence-corrected chi connectivity index (χ0v) is 25.4. The van der Waals surface area contributed by atoms with Crippen LogP contribution in [0.1, 0.15) is 32.6 Å². The quantitative estimate of drug-likeness (QED) is 0.119. The van der Waals surface area contributed by atoms with Crippen LogP contribution >= 0.6 is 12.2 Å². The molecule has 224 valence electrons. The van der Waals surface area contributed by atoms with Gasteiger partial charge in [-0.25, -0.2) is 0 Å². The molecule has 1 amide bonds. The molecule has 10 heteroatoms. The van der Waals surface area contributed by atoms with E-state index in [1.807, 2.05) is 54.6 Å². The third-order valence-corrected chi connectivity index (χ3v) is 7.35. The van der Waals surface area contributed by atoms with Gasteiger partial charge in [-0.2, -0.15) is 5.10 Å². The number of hydrogen-bond donors (Lipinski definition) is 4. The summed E-state index contributed by atoms with van der Waals surface area (Å²) in [5, 5.41) is 23.3. The first-order valence-electron chi connectivity index (χ1n) is 13.9. The molecule has 0 saturated heterocycles. The molecular formula is C34H33N5O4S. The smallest absolute Gasteiger partial charge is 0.255 e. The molecule has 0 atom stereocenters. The molecule has 0 aliphatic rings. The van der Waals surface area contributed by atoms with E-state index in [0.29, 0.717) is 40.5 Å². The number of phenols is 1. The number of H-pyrrole nitrogens is 1. The Kier molecular flexibility index (Phi) is 9.41. The van der Waals surface area contributed by atoms with Crippen LogP contribution < -0.4 is 20.1 Å². The highest BCUT2D eigenvalue weighted by Crippen LogP contribution is 2.37. The van der Waals surface area contributed by atoms with E-state index in [1.54, 1.807) is 23.0 Å². The van der Waals surface area contributed by atoms with Crippen LogP contribution in [-0.2, 0) is 13.0 Å². The molecule has 0 aliphatic heterocycles. The van der Waals surface area contributed by atoms with E-state index in [-0.39, 0.29) is 11.7 Å². The van der Waals surface area contributed by atoms with Crippen LogP contribution in [-0.4, -0.2) is 40.0 Å². The van der Waals surface area contributed by atoms with Crippen LogP contribution in [0.4, 0.5) is 11.4 Å². The van der Waals surface area contributed by atoms with Crippen molar-refractivity contribution < 1.29 is 19.4 Å². The van der Waals surface area contributed by atoms with E-state index in [9.17, 15) is 9.90 Å². The lowest BCUT2D eigenvalue weighted by atomic mass is 10.0. The van der Waals surface area contributed by atoms with E-state index in [2.05, 4.69) is 52.0 Å². The van der Waals surface area contributed by atoms with Gasteiger partial charge in [0.1, 0.15) is 6.33 Å². The maximum atomic E-state index is 12.8. The van der Waals surface area contributed by atoms with Crippen LogP contribution in [0.2, 0.25) is 0 Å². The molecule has 0 fully saturated rings. The molecule has 9 nitrogen and oxygen atoms in total. The molecule has 1 aromatic heterocycles. The lowest BCUT2D eigenvalue weighted by molar-refractivity contribution is 0.102. The van der Waals surface area contributed by atoms with Gasteiger partial charge in [0, 0.05) is 29.2 Å². The number of rotatable bonds is 11. The number of carbonyl (C=O) groups excluding carboxylic acids is 1. The van der Waals surface area contributed by atoms with Gasteiger partial charge in [0.15, 0.2) is 16.3 Å². The van der Waals surface area contributed by atoms with Crippen LogP contribution in [0.15, 0.2) is 91.3 Å². The highest BCUT2D eigenvalue weighted by molar-refractivity contribution is 7.71. The van der Waals surface area contributed by atoms with Crippen molar-refractivity contribution in [1.29, 1.82) is 0 Å². The highest BCUT2D eigenvalue weighted by atomic mass is 32.1. The first-order valence-corrected chi connectivity index (χ1v) is 14.3. The molecule has 4 N–H and O–H groups in total. The maximum Gasteiger partial charge on any atom is 0.255 e. The number of benzene rings is 4. The Morgan fingerprint density at radius 2 is 1.70 bits per heavy atom. The Morgan fingerprint density at radius 1 is 1.00 bits per heavy atom. The number of aryl methyl sites for hydroxylation is 1. The van der Waals surface area contributed by atoms with Crippen molar-refractivity contribution in [3.8, 4) is 22.9 Å². The molecule has 1 heterocycles. The molecule has 4 aromatic carbocycles. The minimum Gasteiger partial charge on any atom is -0.502 e. The fourth-order valence-electron chi connectivity index (χ4n) is 4.71. The number of ether oxygens (including phenoxy) is 2. The second kappa shape index (κ2) is 13.7. The number of anilines is 2. The number of methoxy groups -OCH3 is 2. The lowest BCUT2D eigenvalue weighted by Gasteiger charge is -2.13. The maximum absolute atomic E-state index is 12.8. The average Bonchev–Trinajstić information content (AvgIpc) is 3.47.